The molecule has 7 heteroatoms. The summed E-state index contributed by atoms with van der Waals surface area (Å²) >= 11 is 0. The van der Waals surface area contributed by atoms with Crippen LogP contribution in [-0.2, 0) is 6.42 Å². The Morgan fingerprint density at radius 2 is 1.59 bits per heavy atom. The van der Waals surface area contributed by atoms with Gasteiger partial charge in [-0.05, 0) is 49.1 Å². The zero-order chi connectivity index (χ0) is 20.1. The van der Waals surface area contributed by atoms with Crippen molar-refractivity contribution in [2.24, 2.45) is 0 Å². The first-order valence-electron chi connectivity index (χ1n) is 10.0. The molecule has 2 N–H and O–H groups in total. The monoisotopic (exact) mass is 390 g/mol. The summed E-state index contributed by atoms with van der Waals surface area (Å²) in [5.41, 5.74) is 3.11. The molecule has 0 amide bonds. The Kier molecular flexibility index (Phi) is 5.74. The average molecular weight is 390 g/mol. The third-order valence-corrected chi connectivity index (χ3v) is 4.96. The van der Waals surface area contributed by atoms with Crippen LogP contribution in [-0.4, -0.2) is 35.2 Å². The Labute approximate surface area is 171 Å². The number of nitrogens with one attached hydrogen (secondary N) is 2. The summed E-state index contributed by atoms with van der Waals surface area (Å²) in [5, 5.41) is 6.59. The highest BCUT2D eigenvalue weighted by Gasteiger charge is 2.18. The zero-order valence-electron chi connectivity index (χ0n) is 16.9. The molecular weight excluding hydrogens is 364 g/mol. The highest BCUT2D eigenvalue weighted by molar-refractivity contribution is 5.60. The molecule has 0 atom stereocenters. The highest BCUT2D eigenvalue weighted by atomic mass is 16.5. The van der Waals surface area contributed by atoms with E-state index in [2.05, 4.69) is 49.5 Å². The Bertz CT molecular complexity index is 954. The second-order valence-electron chi connectivity index (χ2n) is 7.01. The van der Waals surface area contributed by atoms with Gasteiger partial charge in [-0.15, -0.1) is 0 Å². The van der Waals surface area contributed by atoms with Gasteiger partial charge in [0.25, 0.3) is 0 Å². The van der Waals surface area contributed by atoms with Gasteiger partial charge in [-0.25, -0.2) is 0 Å². The first-order valence-corrected chi connectivity index (χ1v) is 10.0. The average Bonchev–Trinajstić information content (AvgIpc) is 3.29. The van der Waals surface area contributed by atoms with Crippen LogP contribution in [0.4, 0.5) is 29.2 Å². The largest absolute Gasteiger partial charge is 0.497 e. The normalized spacial score (nSPS) is 13.4. The number of rotatable bonds is 7. The summed E-state index contributed by atoms with van der Waals surface area (Å²) in [7, 11) is 1.65. The molecule has 4 rings (SSSR count). The molecule has 1 aliphatic rings. The van der Waals surface area contributed by atoms with Gasteiger partial charge in [-0.3, -0.25) is 0 Å². The topological polar surface area (TPSA) is 75.2 Å². The minimum atomic E-state index is 0.503. The Hall–Kier alpha value is -3.35. The number of nitrogens with zero attached hydrogens (tertiary/aromatic N) is 4. The van der Waals surface area contributed by atoms with E-state index in [0.717, 1.165) is 49.5 Å². The first kappa shape index (κ1) is 19.0. The molecule has 2 aromatic carbocycles. The maximum absolute atomic E-state index is 5.31. The van der Waals surface area contributed by atoms with Crippen LogP contribution in [0.25, 0.3) is 0 Å². The van der Waals surface area contributed by atoms with Gasteiger partial charge >= 0.3 is 0 Å². The lowest BCUT2D eigenvalue weighted by Crippen LogP contribution is -2.21. The Morgan fingerprint density at radius 3 is 2.24 bits per heavy atom. The van der Waals surface area contributed by atoms with Gasteiger partial charge in [0.15, 0.2) is 0 Å². The number of aryl methyl sites for hydroxylation is 1. The second-order valence-corrected chi connectivity index (χ2v) is 7.01. The molecular formula is C22H26N6O. The van der Waals surface area contributed by atoms with E-state index in [9.17, 15) is 0 Å². The van der Waals surface area contributed by atoms with Crippen LogP contribution >= 0.6 is 0 Å². The molecule has 0 bridgehead atoms. The maximum atomic E-state index is 5.31. The fourth-order valence-corrected chi connectivity index (χ4v) is 3.32. The van der Waals surface area contributed by atoms with Gasteiger partial charge in [-0.1, -0.05) is 25.1 Å². The van der Waals surface area contributed by atoms with Crippen LogP contribution < -0.4 is 20.3 Å². The van der Waals surface area contributed by atoms with Crippen LogP contribution in [0.15, 0.2) is 48.5 Å². The molecule has 0 spiro atoms. The van der Waals surface area contributed by atoms with E-state index in [-0.39, 0.29) is 0 Å². The molecule has 0 saturated carbocycles. The number of benzene rings is 2. The quantitative estimate of drug-likeness (QED) is 0.614. The summed E-state index contributed by atoms with van der Waals surface area (Å²) in [6, 6.07) is 16.0. The van der Waals surface area contributed by atoms with Gasteiger partial charge in [0.2, 0.25) is 17.8 Å². The van der Waals surface area contributed by atoms with E-state index < -0.39 is 0 Å². The summed E-state index contributed by atoms with van der Waals surface area (Å²) in [6.45, 7) is 4.08. The number of anilines is 5. The van der Waals surface area contributed by atoms with E-state index in [1.165, 1.54) is 5.56 Å². The minimum Gasteiger partial charge on any atom is -0.497 e. The van der Waals surface area contributed by atoms with E-state index in [0.29, 0.717) is 17.8 Å². The SMILES string of the molecule is CCc1ccc(Nc2nc(Nc3cccc(OC)c3)nc(N3CCCC3)n2)cc1. The van der Waals surface area contributed by atoms with Gasteiger partial charge in [-0.2, -0.15) is 15.0 Å². The Balaban J connectivity index is 1.62. The van der Waals surface area contributed by atoms with Crippen molar-refractivity contribution in [1.29, 1.82) is 0 Å². The number of aromatic nitrogens is 3. The molecule has 3 aromatic rings. The lowest BCUT2D eigenvalue weighted by molar-refractivity contribution is 0.415. The third kappa shape index (κ3) is 4.74. The van der Waals surface area contributed by atoms with Crippen molar-refractivity contribution < 1.29 is 4.74 Å². The summed E-state index contributed by atoms with van der Waals surface area (Å²) in [6.07, 6.45) is 3.33. The number of ether oxygens (including phenoxy) is 1. The molecule has 1 aromatic heterocycles. The van der Waals surface area contributed by atoms with Crippen molar-refractivity contribution in [1.82, 2.24) is 15.0 Å². The predicted octanol–water partition coefficient (Wildman–Crippen LogP) is 4.53. The molecule has 1 aliphatic heterocycles. The molecule has 29 heavy (non-hydrogen) atoms. The van der Waals surface area contributed by atoms with Gasteiger partial charge in [0.1, 0.15) is 5.75 Å². The number of hydrogen-bond donors (Lipinski definition) is 2. The van der Waals surface area contributed by atoms with Crippen molar-refractivity contribution in [2.75, 3.05) is 35.7 Å². The van der Waals surface area contributed by atoms with Gasteiger partial charge in [0, 0.05) is 30.5 Å². The van der Waals surface area contributed by atoms with Crippen molar-refractivity contribution in [3.05, 3.63) is 54.1 Å². The fourth-order valence-electron chi connectivity index (χ4n) is 3.32. The van der Waals surface area contributed by atoms with Crippen LogP contribution in [0.5, 0.6) is 5.75 Å². The predicted molar refractivity (Wildman–Crippen MR) is 117 cm³/mol. The van der Waals surface area contributed by atoms with Crippen molar-refractivity contribution >= 4 is 29.2 Å². The molecule has 7 nitrogen and oxygen atoms in total. The lowest BCUT2D eigenvalue weighted by Gasteiger charge is -2.17. The van der Waals surface area contributed by atoms with E-state index in [1.807, 2.05) is 36.4 Å². The number of methoxy groups -OCH3 is 1. The summed E-state index contributed by atoms with van der Waals surface area (Å²) < 4.78 is 5.31. The van der Waals surface area contributed by atoms with Gasteiger partial charge < -0.3 is 20.3 Å². The zero-order valence-corrected chi connectivity index (χ0v) is 16.9. The molecule has 1 fully saturated rings. The number of hydrogen-bond acceptors (Lipinski definition) is 7. The third-order valence-electron chi connectivity index (χ3n) is 4.96. The lowest BCUT2D eigenvalue weighted by atomic mass is 10.1. The fraction of sp³-hybridized carbons (Fsp3) is 0.318. The molecule has 0 unspecified atom stereocenters. The van der Waals surface area contributed by atoms with E-state index in [4.69, 9.17) is 4.74 Å². The molecule has 0 aliphatic carbocycles. The maximum Gasteiger partial charge on any atom is 0.233 e. The van der Waals surface area contributed by atoms with Crippen LogP contribution in [0.2, 0.25) is 0 Å². The molecule has 2 heterocycles. The van der Waals surface area contributed by atoms with Gasteiger partial charge in [0.05, 0.1) is 7.11 Å². The minimum absolute atomic E-state index is 0.503. The molecule has 0 radical (unpaired) electrons. The van der Waals surface area contributed by atoms with Crippen molar-refractivity contribution in [2.45, 2.75) is 26.2 Å². The van der Waals surface area contributed by atoms with E-state index in [1.54, 1.807) is 7.11 Å². The highest BCUT2D eigenvalue weighted by Crippen LogP contribution is 2.24. The van der Waals surface area contributed by atoms with Crippen molar-refractivity contribution in [3.63, 3.8) is 0 Å². The summed E-state index contributed by atoms with van der Waals surface area (Å²) in [5.74, 6) is 2.49. The van der Waals surface area contributed by atoms with E-state index >= 15 is 0 Å². The molecule has 1 saturated heterocycles. The summed E-state index contributed by atoms with van der Waals surface area (Å²) in [4.78, 5) is 16.1. The molecule has 150 valence electrons. The smallest absolute Gasteiger partial charge is 0.233 e. The second kappa shape index (κ2) is 8.77. The first-order chi connectivity index (χ1) is 14.2. The van der Waals surface area contributed by atoms with Crippen LogP contribution in [0.3, 0.4) is 0 Å². The Morgan fingerprint density at radius 1 is 0.897 bits per heavy atom. The van der Waals surface area contributed by atoms with Crippen LogP contribution in [0, 0.1) is 0 Å². The van der Waals surface area contributed by atoms with Crippen molar-refractivity contribution in [3.8, 4) is 5.75 Å². The standard InChI is InChI=1S/C22H26N6O/c1-3-16-9-11-17(12-10-16)23-20-25-21(24-18-7-6-8-19(15-18)29-2)27-22(26-20)28-13-4-5-14-28/h6-12,15H,3-5,13-14H2,1-2H3,(H2,23,24,25,26,27). The van der Waals surface area contributed by atoms with Crippen LogP contribution in [0.1, 0.15) is 25.3 Å².